The molecule has 2 aromatic carbocycles. The predicted molar refractivity (Wildman–Crippen MR) is 124 cm³/mol. The lowest BCUT2D eigenvalue weighted by Gasteiger charge is -2.26. The van der Waals surface area contributed by atoms with Gasteiger partial charge in [-0.05, 0) is 41.3 Å². The number of nitrogens with zero attached hydrogens (tertiary/aromatic N) is 1. The maximum absolute atomic E-state index is 5.25. The lowest BCUT2D eigenvalue weighted by molar-refractivity contribution is 0.321. The van der Waals surface area contributed by atoms with E-state index >= 15 is 0 Å². The number of para-hydroxylation sites is 1. The van der Waals surface area contributed by atoms with Gasteiger partial charge in [-0.1, -0.05) is 36.4 Å². The van der Waals surface area contributed by atoms with Crippen molar-refractivity contribution < 1.29 is 4.74 Å². The smallest absolute Gasteiger partial charge is 0.118 e. The van der Waals surface area contributed by atoms with Gasteiger partial charge in [0.05, 0.1) is 7.11 Å². The molecule has 0 saturated heterocycles. The molecule has 148 valence electrons. The van der Waals surface area contributed by atoms with Crippen LogP contribution in [-0.2, 0) is 5.75 Å². The molecule has 4 rings (SSSR count). The molecule has 0 unspecified atom stereocenters. The van der Waals surface area contributed by atoms with Crippen molar-refractivity contribution in [1.29, 1.82) is 0 Å². The molecular formula is C23H27ClN2OS. The number of nitrogens with one attached hydrogen (secondary N) is 1. The summed E-state index contributed by atoms with van der Waals surface area (Å²) >= 11 is 2.02. The molecule has 0 radical (unpaired) electrons. The minimum absolute atomic E-state index is 0. The molecule has 0 spiro atoms. The van der Waals surface area contributed by atoms with Crippen molar-refractivity contribution in [3.8, 4) is 5.75 Å². The van der Waals surface area contributed by atoms with Crippen LogP contribution in [0.25, 0.3) is 16.5 Å². The number of hydrogen-bond donors (Lipinski definition) is 1. The van der Waals surface area contributed by atoms with Crippen molar-refractivity contribution in [2.45, 2.75) is 12.2 Å². The van der Waals surface area contributed by atoms with Crippen molar-refractivity contribution in [3.05, 3.63) is 71.9 Å². The fourth-order valence-corrected chi connectivity index (χ4v) is 4.60. The van der Waals surface area contributed by atoms with Crippen molar-refractivity contribution in [2.24, 2.45) is 0 Å². The minimum atomic E-state index is 0. The number of rotatable bonds is 7. The normalized spacial score (nSPS) is 14.5. The van der Waals surface area contributed by atoms with Gasteiger partial charge in [-0.25, -0.2) is 0 Å². The van der Waals surface area contributed by atoms with Gasteiger partial charge in [-0.2, -0.15) is 11.8 Å². The topological polar surface area (TPSA) is 28.3 Å². The summed E-state index contributed by atoms with van der Waals surface area (Å²) in [5, 5.41) is 1.36. The second kappa shape index (κ2) is 10.1. The number of fused-ring (bicyclic) bond motifs is 1. The van der Waals surface area contributed by atoms with E-state index in [1.165, 1.54) is 33.4 Å². The maximum atomic E-state index is 5.25. The van der Waals surface area contributed by atoms with E-state index in [1.54, 1.807) is 7.11 Å². The van der Waals surface area contributed by atoms with Gasteiger partial charge >= 0.3 is 0 Å². The zero-order valence-corrected chi connectivity index (χ0v) is 17.8. The number of H-pyrrole nitrogens is 1. The Morgan fingerprint density at radius 3 is 2.68 bits per heavy atom. The standard InChI is InChI=1S/C23H26N2OS.ClH/c1-26-21-8-6-18(7-9-21)19-10-12-25(13-11-19)14-15-27-17-20-16-24-23-5-3-2-4-22(20)23;/h2-10,16,24H,11-15,17H2,1H3;1H. The quantitative estimate of drug-likeness (QED) is 0.508. The molecule has 0 saturated carbocycles. The van der Waals surface area contributed by atoms with Crippen molar-refractivity contribution in [2.75, 3.05) is 32.5 Å². The zero-order valence-electron chi connectivity index (χ0n) is 16.2. The summed E-state index contributed by atoms with van der Waals surface area (Å²) in [5.41, 5.74) is 5.43. The van der Waals surface area contributed by atoms with Gasteiger partial charge in [0.25, 0.3) is 0 Å². The number of benzene rings is 2. The van der Waals surface area contributed by atoms with Gasteiger partial charge < -0.3 is 9.72 Å². The van der Waals surface area contributed by atoms with Crippen LogP contribution in [0.15, 0.2) is 60.8 Å². The van der Waals surface area contributed by atoms with E-state index in [0.717, 1.165) is 37.6 Å². The average molecular weight is 415 g/mol. The molecule has 28 heavy (non-hydrogen) atoms. The van der Waals surface area contributed by atoms with E-state index in [-0.39, 0.29) is 12.4 Å². The highest BCUT2D eigenvalue weighted by atomic mass is 35.5. The number of thioether (sulfide) groups is 1. The van der Waals surface area contributed by atoms with Crippen LogP contribution in [0.4, 0.5) is 0 Å². The van der Waals surface area contributed by atoms with Crippen LogP contribution in [-0.4, -0.2) is 42.4 Å². The highest BCUT2D eigenvalue weighted by Gasteiger charge is 2.13. The second-order valence-corrected chi connectivity index (χ2v) is 8.03. The Bertz CT molecular complexity index is 920. The molecule has 0 amide bonds. The van der Waals surface area contributed by atoms with Crippen molar-refractivity contribution >= 4 is 40.6 Å². The van der Waals surface area contributed by atoms with E-state index in [2.05, 4.69) is 58.6 Å². The lowest BCUT2D eigenvalue weighted by atomic mass is 9.99. The average Bonchev–Trinajstić information content (AvgIpc) is 3.15. The predicted octanol–water partition coefficient (Wildman–Crippen LogP) is 5.62. The number of halogens is 1. The van der Waals surface area contributed by atoms with Crippen LogP contribution >= 0.6 is 24.2 Å². The first-order chi connectivity index (χ1) is 13.3. The summed E-state index contributed by atoms with van der Waals surface area (Å²) in [6.07, 6.45) is 5.66. The van der Waals surface area contributed by atoms with Crippen LogP contribution in [0.1, 0.15) is 17.5 Å². The monoisotopic (exact) mass is 414 g/mol. The van der Waals surface area contributed by atoms with Crippen molar-refractivity contribution in [3.63, 3.8) is 0 Å². The summed E-state index contributed by atoms with van der Waals surface area (Å²) in [7, 11) is 1.71. The first kappa shape index (κ1) is 20.8. The third kappa shape index (κ3) is 4.93. The van der Waals surface area contributed by atoms with Crippen LogP contribution in [0.5, 0.6) is 5.75 Å². The molecule has 1 N–H and O–H groups in total. The molecule has 3 nitrogen and oxygen atoms in total. The molecule has 0 aliphatic carbocycles. The number of hydrogen-bond acceptors (Lipinski definition) is 3. The number of methoxy groups -OCH3 is 1. The highest BCUT2D eigenvalue weighted by Crippen LogP contribution is 2.25. The van der Waals surface area contributed by atoms with Crippen molar-refractivity contribution in [1.82, 2.24) is 9.88 Å². The largest absolute Gasteiger partial charge is 0.497 e. The summed E-state index contributed by atoms with van der Waals surface area (Å²) in [6, 6.07) is 17.0. The van der Waals surface area contributed by atoms with E-state index < -0.39 is 0 Å². The SMILES string of the molecule is COc1ccc(C2=CCN(CCSCc3c[nH]c4ccccc34)CC2)cc1.Cl. The molecule has 0 bridgehead atoms. The molecule has 0 fully saturated rings. The first-order valence-corrected chi connectivity index (χ1v) is 10.7. The summed E-state index contributed by atoms with van der Waals surface area (Å²) in [4.78, 5) is 5.92. The number of ether oxygens (including phenoxy) is 1. The van der Waals surface area contributed by atoms with Crippen LogP contribution < -0.4 is 4.74 Å². The molecule has 0 atom stereocenters. The van der Waals surface area contributed by atoms with E-state index in [0.29, 0.717) is 0 Å². The second-order valence-electron chi connectivity index (χ2n) is 6.92. The van der Waals surface area contributed by atoms with E-state index in [1.807, 2.05) is 23.9 Å². The van der Waals surface area contributed by atoms with Crippen LogP contribution in [0, 0.1) is 0 Å². The molecular weight excluding hydrogens is 388 g/mol. The number of aromatic nitrogens is 1. The van der Waals surface area contributed by atoms with Gasteiger partial charge in [0.15, 0.2) is 0 Å². The van der Waals surface area contributed by atoms with E-state index in [4.69, 9.17) is 4.74 Å². The minimum Gasteiger partial charge on any atom is -0.497 e. The fourth-order valence-electron chi connectivity index (χ4n) is 3.61. The van der Waals surface area contributed by atoms with Gasteiger partial charge in [-0.3, -0.25) is 4.90 Å². The van der Waals surface area contributed by atoms with Crippen LogP contribution in [0.2, 0.25) is 0 Å². The maximum Gasteiger partial charge on any atom is 0.118 e. The lowest BCUT2D eigenvalue weighted by Crippen LogP contribution is -2.30. The third-order valence-electron chi connectivity index (χ3n) is 5.24. The Morgan fingerprint density at radius 2 is 1.93 bits per heavy atom. The molecule has 3 aromatic rings. The first-order valence-electron chi connectivity index (χ1n) is 9.52. The Kier molecular flexibility index (Phi) is 7.49. The van der Waals surface area contributed by atoms with Gasteiger partial charge in [0, 0.05) is 48.2 Å². The highest BCUT2D eigenvalue weighted by molar-refractivity contribution is 7.98. The van der Waals surface area contributed by atoms with E-state index in [9.17, 15) is 0 Å². The van der Waals surface area contributed by atoms with Gasteiger partial charge in [0.1, 0.15) is 5.75 Å². The third-order valence-corrected chi connectivity index (χ3v) is 6.22. The fraction of sp³-hybridized carbons (Fsp3) is 0.304. The summed E-state index contributed by atoms with van der Waals surface area (Å²) in [6.45, 7) is 3.35. The zero-order chi connectivity index (χ0) is 18.5. The Hall–Kier alpha value is -1.88. The van der Waals surface area contributed by atoms with Gasteiger partial charge in [0.2, 0.25) is 0 Å². The number of aromatic amines is 1. The molecule has 5 heteroatoms. The summed E-state index contributed by atoms with van der Waals surface area (Å²) in [5.74, 6) is 3.17. The molecule has 1 aliphatic heterocycles. The molecule has 1 aromatic heterocycles. The Balaban J connectivity index is 0.00000225. The Labute approximate surface area is 177 Å². The molecule has 2 heterocycles. The summed E-state index contributed by atoms with van der Waals surface area (Å²) < 4.78 is 5.25. The van der Waals surface area contributed by atoms with Crippen LogP contribution in [0.3, 0.4) is 0 Å². The molecule has 1 aliphatic rings. The van der Waals surface area contributed by atoms with Gasteiger partial charge in [-0.15, -0.1) is 12.4 Å². The Morgan fingerprint density at radius 1 is 1.11 bits per heavy atom.